The van der Waals surface area contributed by atoms with Crippen molar-refractivity contribution in [3.63, 3.8) is 0 Å². The number of halogens is 1. The summed E-state index contributed by atoms with van der Waals surface area (Å²) in [4.78, 5) is 7.45. The largest absolute Gasteiger partial charge is 0.469 e. The van der Waals surface area contributed by atoms with E-state index in [1.807, 2.05) is 19.1 Å². The van der Waals surface area contributed by atoms with Gasteiger partial charge >= 0.3 is 0 Å². The molecular weight excluding hydrogens is 244 g/mol. The number of H-pyrrole nitrogens is 1. The van der Waals surface area contributed by atoms with Crippen LogP contribution in [0.4, 0.5) is 0 Å². The second-order valence-corrected chi connectivity index (χ2v) is 3.92. The molecule has 0 saturated carbocycles. The molecule has 0 radical (unpaired) electrons. The Balaban J connectivity index is 2.01. The summed E-state index contributed by atoms with van der Waals surface area (Å²) in [6, 6.07) is 3.89. The fraction of sp³-hybridized carbons (Fsp3) is 0.300. The van der Waals surface area contributed by atoms with Crippen LogP contribution < -0.4 is 0 Å². The van der Waals surface area contributed by atoms with Gasteiger partial charge < -0.3 is 9.40 Å². The molecule has 2 aromatic rings. The van der Waals surface area contributed by atoms with Gasteiger partial charge in [-0.1, -0.05) is 0 Å². The van der Waals surface area contributed by atoms with Crippen LogP contribution in [0, 0.1) is 6.92 Å². The molecule has 74 valence electrons. The zero-order valence-corrected chi connectivity index (χ0v) is 9.47. The lowest BCUT2D eigenvalue weighted by molar-refractivity contribution is 0.507. The monoisotopic (exact) mass is 254 g/mol. The van der Waals surface area contributed by atoms with Gasteiger partial charge in [-0.2, -0.15) is 0 Å². The predicted octanol–water partition coefficient (Wildman–Crippen LogP) is 2.86. The summed E-state index contributed by atoms with van der Waals surface area (Å²) in [6.45, 7) is 1.95. The van der Waals surface area contributed by atoms with E-state index in [4.69, 9.17) is 4.42 Å². The van der Waals surface area contributed by atoms with Gasteiger partial charge in [0.1, 0.15) is 16.2 Å². The molecule has 0 saturated heterocycles. The molecule has 2 rings (SSSR count). The van der Waals surface area contributed by atoms with Gasteiger partial charge in [-0.25, -0.2) is 4.98 Å². The first-order valence-electron chi connectivity index (χ1n) is 4.49. The summed E-state index contributed by atoms with van der Waals surface area (Å²) in [5, 5.41) is 0. The molecule has 2 aromatic heterocycles. The molecule has 0 aliphatic rings. The average Bonchev–Trinajstić information content (AvgIpc) is 2.72. The number of aromatic nitrogens is 2. The molecule has 0 aliphatic carbocycles. The number of nitrogens with one attached hydrogen (secondary N) is 1. The summed E-state index contributed by atoms with van der Waals surface area (Å²) in [6.07, 6.45) is 3.50. The van der Waals surface area contributed by atoms with Crippen LogP contribution in [0.15, 0.2) is 27.4 Å². The molecule has 0 spiro atoms. The van der Waals surface area contributed by atoms with Gasteiger partial charge in [0, 0.05) is 12.1 Å². The number of aryl methyl sites for hydroxylation is 3. The van der Waals surface area contributed by atoms with E-state index in [0.717, 1.165) is 34.7 Å². The van der Waals surface area contributed by atoms with E-state index in [1.54, 1.807) is 6.26 Å². The van der Waals surface area contributed by atoms with E-state index >= 15 is 0 Å². The fourth-order valence-corrected chi connectivity index (χ4v) is 1.94. The number of hydrogen-bond donors (Lipinski definition) is 1. The molecule has 3 nitrogen and oxygen atoms in total. The molecule has 0 aliphatic heterocycles. The summed E-state index contributed by atoms with van der Waals surface area (Å²) in [7, 11) is 0. The van der Waals surface area contributed by atoms with Crippen LogP contribution in [0.25, 0.3) is 0 Å². The Labute approximate surface area is 90.7 Å². The first-order chi connectivity index (χ1) is 6.75. The lowest BCUT2D eigenvalue weighted by atomic mass is 10.2. The topological polar surface area (TPSA) is 41.8 Å². The van der Waals surface area contributed by atoms with Crippen molar-refractivity contribution in [1.29, 1.82) is 0 Å². The Hall–Kier alpha value is -1.03. The molecule has 14 heavy (non-hydrogen) atoms. The number of aromatic amines is 1. The molecule has 0 aromatic carbocycles. The number of imidazole rings is 1. The molecule has 0 bridgehead atoms. The summed E-state index contributed by atoms with van der Waals surface area (Å²) in [5.74, 6) is 1.94. The van der Waals surface area contributed by atoms with Gasteiger partial charge in [0.15, 0.2) is 0 Å². The predicted molar refractivity (Wildman–Crippen MR) is 57.1 cm³/mol. The number of rotatable bonds is 3. The van der Waals surface area contributed by atoms with Crippen LogP contribution >= 0.6 is 15.9 Å². The minimum atomic E-state index is 0.896. The van der Waals surface area contributed by atoms with Crippen LogP contribution in [0.5, 0.6) is 0 Å². The van der Waals surface area contributed by atoms with Crippen LogP contribution in [-0.2, 0) is 12.8 Å². The summed E-state index contributed by atoms with van der Waals surface area (Å²) >= 11 is 3.41. The normalized spacial score (nSPS) is 10.7. The van der Waals surface area contributed by atoms with Crippen LogP contribution in [0.3, 0.4) is 0 Å². The van der Waals surface area contributed by atoms with Crippen LogP contribution in [-0.4, -0.2) is 9.97 Å². The Morgan fingerprint density at radius 1 is 1.50 bits per heavy atom. The molecule has 4 heteroatoms. The number of hydrogen-bond acceptors (Lipinski definition) is 2. The zero-order valence-electron chi connectivity index (χ0n) is 7.88. The Kier molecular flexibility index (Phi) is 2.72. The Morgan fingerprint density at radius 3 is 2.93 bits per heavy atom. The fourth-order valence-electron chi connectivity index (χ4n) is 1.38. The average molecular weight is 255 g/mol. The van der Waals surface area contributed by atoms with Gasteiger partial charge in [-0.05, 0) is 41.4 Å². The standard InChI is InChI=1S/C10H11BrN2O/c1-7-12-9(10(11)13-7)5-4-8-3-2-6-14-8/h2-3,6H,4-5H2,1H3,(H,12,13). The van der Waals surface area contributed by atoms with Gasteiger partial charge in [0.25, 0.3) is 0 Å². The van der Waals surface area contributed by atoms with E-state index in [0.29, 0.717) is 0 Å². The maximum Gasteiger partial charge on any atom is 0.127 e. The lowest BCUT2D eigenvalue weighted by Crippen LogP contribution is -1.90. The quantitative estimate of drug-likeness (QED) is 0.916. The van der Waals surface area contributed by atoms with Crippen LogP contribution in [0.2, 0.25) is 0 Å². The second-order valence-electron chi connectivity index (χ2n) is 3.17. The van der Waals surface area contributed by atoms with Crippen molar-refractivity contribution in [3.8, 4) is 0 Å². The Bertz CT molecular complexity index is 406. The minimum absolute atomic E-state index is 0.896. The molecule has 0 unspecified atom stereocenters. The van der Waals surface area contributed by atoms with Crippen molar-refractivity contribution in [2.75, 3.05) is 0 Å². The van der Waals surface area contributed by atoms with Gasteiger partial charge in [-0.3, -0.25) is 0 Å². The SMILES string of the molecule is Cc1nc(Br)c(CCc2ccco2)[nH]1. The van der Waals surface area contributed by atoms with E-state index in [1.165, 1.54) is 0 Å². The minimum Gasteiger partial charge on any atom is -0.469 e. The maximum absolute atomic E-state index is 5.25. The molecule has 0 amide bonds. The highest BCUT2D eigenvalue weighted by Crippen LogP contribution is 2.15. The highest BCUT2D eigenvalue weighted by molar-refractivity contribution is 9.10. The summed E-state index contributed by atoms with van der Waals surface area (Å²) < 4.78 is 6.16. The highest BCUT2D eigenvalue weighted by atomic mass is 79.9. The van der Waals surface area contributed by atoms with E-state index < -0.39 is 0 Å². The van der Waals surface area contributed by atoms with Crippen molar-refractivity contribution in [2.45, 2.75) is 19.8 Å². The third kappa shape index (κ3) is 2.07. The molecule has 2 heterocycles. The van der Waals surface area contributed by atoms with E-state index in [-0.39, 0.29) is 0 Å². The first kappa shape index (κ1) is 9.52. The van der Waals surface area contributed by atoms with Crippen LogP contribution in [0.1, 0.15) is 17.3 Å². The number of nitrogens with zero attached hydrogens (tertiary/aromatic N) is 1. The smallest absolute Gasteiger partial charge is 0.127 e. The van der Waals surface area contributed by atoms with Crippen molar-refractivity contribution in [2.24, 2.45) is 0 Å². The van der Waals surface area contributed by atoms with Gasteiger partial charge in [0.05, 0.1) is 6.26 Å². The van der Waals surface area contributed by atoms with Gasteiger partial charge in [-0.15, -0.1) is 0 Å². The molecule has 0 atom stereocenters. The van der Waals surface area contributed by atoms with E-state index in [2.05, 4.69) is 25.9 Å². The van der Waals surface area contributed by atoms with Crippen molar-refractivity contribution < 1.29 is 4.42 Å². The van der Waals surface area contributed by atoms with Crippen molar-refractivity contribution in [3.05, 3.63) is 40.3 Å². The third-order valence-electron chi connectivity index (χ3n) is 2.05. The lowest BCUT2D eigenvalue weighted by Gasteiger charge is -1.95. The molecule has 1 N–H and O–H groups in total. The number of furan rings is 1. The second kappa shape index (κ2) is 4.00. The van der Waals surface area contributed by atoms with Crippen molar-refractivity contribution in [1.82, 2.24) is 9.97 Å². The highest BCUT2D eigenvalue weighted by Gasteiger charge is 2.05. The van der Waals surface area contributed by atoms with E-state index in [9.17, 15) is 0 Å². The summed E-state index contributed by atoms with van der Waals surface area (Å²) in [5.41, 5.74) is 1.12. The van der Waals surface area contributed by atoms with Gasteiger partial charge in [0.2, 0.25) is 0 Å². The third-order valence-corrected chi connectivity index (χ3v) is 2.70. The van der Waals surface area contributed by atoms with Crippen molar-refractivity contribution >= 4 is 15.9 Å². The molecule has 0 fully saturated rings. The molecular formula is C10H11BrN2O. The maximum atomic E-state index is 5.25. The zero-order chi connectivity index (χ0) is 9.97. The Morgan fingerprint density at radius 2 is 2.36 bits per heavy atom. The first-order valence-corrected chi connectivity index (χ1v) is 5.28.